The smallest absolute Gasteiger partial charge is 0.462 e. The van der Waals surface area contributed by atoms with Gasteiger partial charge >= 0.3 is 39.5 Å². The Morgan fingerprint density at radius 1 is 0.333 bits per heavy atom. The zero-order valence-electron chi connectivity index (χ0n) is 56.3. The van der Waals surface area contributed by atoms with Gasteiger partial charge in [-0.1, -0.05) is 292 Å². The molecule has 0 saturated carbocycles. The van der Waals surface area contributed by atoms with Gasteiger partial charge < -0.3 is 33.8 Å². The Morgan fingerprint density at radius 3 is 0.874 bits per heavy atom. The molecule has 87 heavy (non-hydrogen) atoms. The molecule has 0 aliphatic heterocycles. The van der Waals surface area contributed by atoms with Crippen LogP contribution in [0.25, 0.3) is 0 Å². The molecule has 0 radical (unpaired) electrons. The first-order valence-electron chi connectivity index (χ1n) is 35.5. The fourth-order valence-corrected chi connectivity index (χ4v) is 11.8. The number of hydrogen-bond acceptors (Lipinski definition) is 15. The lowest BCUT2D eigenvalue weighted by atomic mass is 10.00. The Balaban J connectivity index is 5.14. The summed E-state index contributed by atoms with van der Waals surface area (Å²) in [5.41, 5.74) is 0. The quantitative estimate of drug-likeness (QED) is 0.0222. The van der Waals surface area contributed by atoms with Crippen LogP contribution in [0, 0.1) is 11.8 Å². The number of aliphatic hydroxyl groups is 1. The first kappa shape index (κ1) is 85.1. The normalized spacial score (nSPS) is 14.5. The largest absolute Gasteiger partial charge is 0.472 e. The number of ether oxygens (including phenoxy) is 4. The van der Waals surface area contributed by atoms with Crippen molar-refractivity contribution in [3.63, 3.8) is 0 Å². The van der Waals surface area contributed by atoms with E-state index >= 15 is 0 Å². The maximum atomic E-state index is 13.0. The molecule has 0 saturated heterocycles. The lowest BCUT2D eigenvalue weighted by Crippen LogP contribution is -2.30. The molecular formula is C68H132O17P2. The number of phosphoric ester groups is 2. The highest BCUT2D eigenvalue weighted by Gasteiger charge is 2.30. The van der Waals surface area contributed by atoms with E-state index in [1.165, 1.54) is 154 Å². The van der Waals surface area contributed by atoms with E-state index in [9.17, 15) is 43.2 Å². The number of carbonyl (C=O) groups is 4. The predicted octanol–water partition coefficient (Wildman–Crippen LogP) is 19.2. The Morgan fingerprint density at radius 2 is 0.586 bits per heavy atom. The van der Waals surface area contributed by atoms with Crippen molar-refractivity contribution >= 4 is 39.5 Å². The van der Waals surface area contributed by atoms with Gasteiger partial charge in [0.1, 0.15) is 19.3 Å². The first-order valence-corrected chi connectivity index (χ1v) is 38.5. The summed E-state index contributed by atoms with van der Waals surface area (Å²) < 4.78 is 68.0. The van der Waals surface area contributed by atoms with Crippen LogP contribution in [0.3, 0.4) is 0 Å². The van der Waals surface area contributed by atoms with Gasteiger partial charge in [-0.2, -0.15) is 0 Å². The average Bonchev–Trinajstić information content (AvgIpc) is 3.68. The second kappa shape index (κ2) is 60.3. The van der Waals surface area contributed by atoms with Crippen LogP contribution in [-0.2, 0) is 65.4 Å². The van der Waals surface area contributed by atoms with E-state index < -0.39 is 97.5 Å². The van der Waals surface area contributed by atoms with Crippen LogP contribution in [0.4, 0.5) is 0 Å². The average molecular weight is 1280 g/mol. The number of hydrogen-bond donors (Lipinski definition) is 3. The summed E-state index contributed by atoms with van der Waals surface area (Å²) in [6.07, 6.45) is 44.9. The molecule has 0 rings (SSSR count). The summed E-state index contributed by atoms with van der Waals surface area (Å²) in [7, 11) is -9.89. The van der Waals surface area contributed by atoms with Crippen LogP contribution in [0.5, 0.6) is 0 Å². The number of phosphoric acid groups is 2. The Kier molecular flexibility index (Phi) is 59.0. The lowest BCUT2D eigenvalue weighted by Gasteiger charge is -2.21. The van der Waals surface area contributed by atoms with Crippen molar-refractivity contribution in [3.8, 4) is 0 Å². The van der Waals surface area contributed by atoms with Crippen molar-refractivity contribution in [1.29, 1.82) is 0 Å². The molecule has 19 heteroatoms. The summed E-state index contributed by atoms with van der Waals surface area (Å²) >= 11 is 0. The molecule has 0 heterocycles. The van der Waals surface area contributed by atoms with Crippen LogP contribution < -0.4 is 0 Å². The molecule has 0 aliphatic rings. The van der Waals surface area contributed by atoms with E-state index in [0.717, 1.165) is 108 Å². The summed E-state index contributed by atoms with van der Waals surface area (Å²) in [5.74, 6) is -0.610. The summed E-state index contributed by atoms with van der Waals surface area (Å²) in [5, 5.41) is 10.5. The van der Waals surface area contributed by atoms with Gasteiger partial charge in [0.05, 0.1) is 26.4 Å². The molecular weight excluding hydrogens is 1150 g/mol. The second-order valence-electron chi connectivity index (χ2n) is 25.3. The molecule has 17 nitrogen and oxygen atoms in total. The van der Waals surface area contributed by atoms with Crippen LogP contribution in [0.1, 0.15) is 343 Å². The Hall–Kier alpha value is -1.94. The van der Waals surface area contributed by atoms with Crippen LogP contribution >= 0.6 is 15.6 Å². The van der Waals surface area contributed by atoms with Crippen molar-refractivity contribution in [2.75, 3.05) is 39.6 Å². The van der Waals surface area contributed by atoms with Gasteiger partial charge in [-0.3, -0.25) is 37.3 Å². The molecule has 0 aromatic rings. The third-order valence-corrected chi connectivity index (χ3v) is 18.0. The van der Waals surface area contributed by atoms with Gasteiger partial charge in [0.15, 0.2) is 12.2 Å². The summed E-state index contributed by atoms with van der Waals surface area (Å²) in [6.45, 7) is 9.42. The zero-order chi connectivity index (χ0) is 64.3. The lowest BCUT2D eigenvalue weighted by molar-refractivity contribution is -0.161. The maximum absolute atomic E-state index is 13.0. The van der Waals surface area contributed by atoms with E-state index in [1.54, 1.807) is 0 Å². The molecule has 3 N–H and O–H groups in total. The van der Waals surface area contributed by atoms with Gasteiger partial charge in [0, 0.05) is 25.7 Å². The number of unbranched alkanes of at least 4 members (excludes halogenated alkanes) is 36. The highest BCUT2D eigenvalue weighted by atomic mass is 31.2. The molecule has 0 spiro atoms. The Bertz CT molecular complexity index is 1700. The van der Waals surface area contributed by atoms with Gasteiger partial charge in [0.25, 0.3) is 0 Å². The van der Waals surface area contributed by atoms with Crippen molar-refractivity contribution in [1.82, 2.24) is 0 Å². The van der Waals surface area contributed by atoms with Gasteiger partial charge in [-0.15, -0.1) is 0 Å². The SMILES string of the molecule is CCCCCCCCCCCCCCCC(=O)OC[C@H](COP(=O)(O)OC[C@@H](O)COP(=O)(O)OC[C@@H](COC(=O)CCCCCCC)OC(=O)CCCCCCCCC(C)CC)OC(=O)CCCCCCCCCCCCCCCCCCC(C)C. The topological polar surface area (TPSA) is 237 Å². The molecule has 0 bridgehead atoms. The van der Waals surface area contributed by atoms with E-state index in [1.807, 2.05) is 0 Å². The van der Waals surface area contributed by atoms with Crippen LogP contribution in [-0.4, -0.2) is 96.7 Å². The fraction of sp³-hybridized carbons (Fsp3) is 0.941. The number of carbonyl (C=O) groups excluding carboxylic acids is 4. The van der Waals surface area contributed by atoms with Crippen molar-refractivity contribution in [2.24, 2.45) is 11.8 Å². The monoisotopic (exact) mass is 1280 g/mol. The minimum absolute atomic E-state index is 0.102. The molecule has 0 aliphatic carbocycles. The molecule has 0 fully saturated rings. The van der Waals surface area contributed by atoms with E-state index in [-0.39, 0.29) is 25.7 Å². The van der Waals surface area contributed by atoms with Gasteiger partial charge in [-0.25, -0.2) is 9.13 Å². The summed E-state index contributed by atoms with van der Waals surface area (Å²) in [6, 6.07) is 0. The zero-order valence-corrected chi connectivity index (χ0v) is 58.1. The number of esters is 4. The third-order valence-electron chi connectivity index (χ3n) is 16.1. The third kappa shape index (κ3) is 61.3. The number of aliphatic hydroxyl groups excluding tert-OH is 1. The van der Waals surface area contributed by atoms with E-state index in [0.29, 0.717) is 25.7 Å². The van der Waals surface area contributed by atoms with E-state index in [2.05, 4.69) is 41.5 Å². The number of rotatable bonds is 67. The molecule has 0 aromatic carbocycles. The van der Waals surface area contributed by atoms with E-state index in [4.69, 9.17) is 37.0 Å². The Labute approximate surface area is 530 Å². The molecule has 0 aromatic heterocycles. The first-order chi connectivity index (χ1) is 41.9. The second-order valence-corrected chi connectivity index (χ2v) is 28.2. The van der Waals surface area contributed by atoms with Crippen LogP contribution in [0.2, 0.25) is 0 Å². The van der Waals surface area contributed by atoms with Crippen molar-refractivity contribution in [2.45, 2.75) is 362 Å². The minimum Gasteiger partial charge on any atom is -0.462 e. The highest BCUT2D eigenvalue weighted by Crippen LogP contribution is 2.45. The van der Waals surface area contributed by atoms with Crippen LogP contribution in [0.15, 0.2) is 0 Å². The van der Waals surface area contributed by atoms with Gasteiger partial charge in [-0.05, 0) is 37.5 Å². The standard InChI is InChI=1S/C68H132O17P2/c1-7-10-12-14-15-16-17-22-26-29-32-39-45-51-66(71)79-57-64(84-67(72)52-46-40-33-30-27-24-21-19-18-20-23-25-28-31-37-42-48-60(4)5)59-83-87(76,77)81-55-62(69)54-80-86(74,75)82-58-63(56-78-65(70)50-44-36-13-11-8-2)85-68(73)53-47-41-35-34-38-43-49-61(6)9-3/h60-64,69H,7-59H2,1-6H3,(H,74,75)(H,76,77)/t61?,62-,63+,64+/m0/s1. The molecule has 516 valence electrons. The minimum atomic E-state index is -4.95. The highest BCUT2D eigenvalue weighted by molar-refractivity contribution is 7.47. The molecule has 3 unspecified atom stereocenters. The van der Waals surface area contributed by atoms with Crippen molar-refractivity contribution in [3.05, 3.63) is 0 Å². The summed E-state index contributed by atoms with van der Waals surface area (Å²) in [4.78, 5) is 72.1. The van der Waals surface area contributed by atoms with Gasteiger partial charge in [0.2, 0.25) is 0 Å². The van der Waals surface area contributed by atoms with Crippen molar-refractivity contribution < 1.29 is 80.2 Å². The molecule has 0 amide bonds. The fourth-order valence-electron chi connectivity index (χ4n) is 10.2. The molecule has 6 atom stereocenters. The maximum Gasteiger partial charge on any atom is 0.472 e. The predicted molar refractivity (Wildman–Crippen MR) is 349 cm³/mol.